The summed E-state index contributed by atoms with van der Waals surface area (Å²) in [5.74, 6) is -0.114. The molecular weight excluding hydrogens is 439 g/mol. The molecule has 5 rings (SSSR count). The Morgan fingerprint density at radius 1 is 0.879 bits per heavy atom. The van der Waals surface area contributed by atoms with Crippen LogP contribution in [-0.4, -0.2) is 44.0 Å². The van der Waals surface area contributed by atoms with Crippen LogP contribution in [0.5, 0.6) is 0 Å². The highest BCUT2D eigenvalue weighted by atomic mass is 32.2. The van der Waals surface area contributed by atoms with Crippen molar-refractivity contribution < 1.29 is 14.0 Å². The first-order chi connectivity index (χ1) is 16.1. The van der Waals surface area contributed by atoms with Gasteiger partial charge in [0.2, 0.25) is 0 Å². The Hall–Kier alpha value is -3.78. The van der Waals surface area contributed by atoms with E-state index in [-0.39, 0.29) is 17.6 Å². The molecule has 1 N–H and O–H groups in total. The molecule has 0 aliphatic carbocycles. The van der Waals surface area contributed by atoms with Gasteiger partial charge in [-0.25, -0.2) is 9.37 Å². The van der Waals surface area contributed by atoms with Crippen molar-refractivity contribution in [1.82, 2.24) is 19.9 Å². The topological polar surface area (TPSA) is 79.0 Å². The third-order valence-corrected chi connectivity index (χ3v) is 6.37. The number of fused-ring (bicyclic) bond motifs is 1. The molecule has 164 valence electrons. The van der Waals surface area contributed by atoms with Gasteiger partial charge in [-0.05, 0) is 55.0 Å². The van der Waals surface area contributed by atoms with Crippen LogP contribution in [-0.2, 0) is 0 Å². The molecule has 1 aliphatic rings. The average Bonchev–Trinajstić information content (AvgIpc) is 3.38. The number of H-pyrrole nitrogens is 1. The Morgan fingerprint density at radius 3 is 2.21 bits per heavy atom. The minimum absolute atomic E-state index is 0.239. The van der Waals surface area contributed by atoms with Gasteiger partial charge in [0.1, 0.15) is 5.82 Å². The van der Waals surface area contributed by atoms with Crippen LogP contribution < -0.4 is 0 Å². The van der Waals surface area contributed by atoms with Gasteiger partial charge in [0.25, 0.3) is 11.8 Å². The van der Waals surface area contributed by atoms with Crippen LogP contribution in [0.15, 0.2) is 78.2 Å². The number of nitrogens with one attached hydrogen (secondary N) is 1. The van der Waals surface area contributed by atoms with E-state index in [0.717, 1.165) is 22.5 Å². The average molecular weight is 459 g/mol. The molecule has 8 heteroatoms. The van der Waals surface area contributed by atoms with Gasteiger partial charge in [0.15, 0.2) is 5.16 Å². The molecule has 3 heterocycles. The van der Waals surface area contributed by atoms with Gasteiger partial charge >= 0.3 is 0 Å². The Morgan fingerprint density at radius 2 is 1.55 bits per heavy atom. The molecule has 4 aromatic rings. The van der Waals surface area contributed by atoms with Gasteiger partial charge < -0.3 is 4.98 Å². The molecule has 0 saturated carbocycles. The lowest BCUT2D eigenvalue weighted by molar-refractivity contribution is 0.0655. The fourth-order valence-electron chi connectivity index (χ4n) is 3.80. The molecule has 0 fully saturated rings. The highest BCUT2D eigenvalue weighted by Crippen LogP contribution is 2.33. The lowest BCUT2D eigenvalue weighted by atomic mass is 10.1. The van der Waals surface area contributed by atoms with Gasteiger partial charge in [0.05, 0.1) is 22.5 Å². The maximum Gasteiger partial charge on any atom is 0.261 e. The van der Waals surface area contributed by atoms with Crippen LogP contribution in [0.25, 0.3) is 22.5 Å². The van der Waals surface area contributed by atoms with Gasteiger partial charge in [0, 0.05) is 35.8 Å². The summed E-state index contributed by atoms with van der Waals surface area (Å²) in [6.07, 6.45) is 4.05. The number of nitrogens with zero attached hydrogens (tertiary/aromatic N) is 3. The van der Waals surface area contributed by atoms with E-state index < -0.39 is 0 Å². The summed E-state index contributed by atoms with van der Waals surface area (Å²) in [5.41, 5.74) is 4.21. The number of rotatable bonds is 7. The fraction of sp³-hybridized carbons (Fsp3) is 0.120. The SMILES string of the molecule is O=C1c2ccccc2C(=O)N1CCCSc1nc(-c2ccc(F)cc2)c(-c2ccncc2)[nH]1. The Bertz CT molecular complexity index is 1290. The number of carbonyl (C=O) groups excluding carboxylic acids is 2. The Labute approximate surface area is 193 Å². The Balaban J connectivity index is 1.29. The van der Waals surface area contributed by atoms with E-state index in [4.69, 9.17) is 4.98 Å². The van der Waals surface area contributed by atoms with Crippen LogP contribution in [0.2, 0.25) is 0 Å². The van der Waals surface area contributed by atoms with E-state index in [9.17, 15) is 14.0 Å². The van der Waals surface area contributed by atoms with Crippen LogP contribution in [0.3, 0.4) is 0 Å². The van der Waals surface area contributed by atoms with Crippen molar-refractivity contribution in [2.24, 2.45) is 0 Å². The second-order valence-corrected chi connectivity index (χ2v) is 8.60. The van der Waals surface area contributed by atoms with Crippen molar-refractivity contribution in [2.45, 2.75) is 11.6 Å². The van der Waals surface area contributed by atoms with Crippen molar-refractivity contribution in [1.29, 1.82) is 0 Å². The standard InChI is InChI=1S/C25H19FN4O2S/c26-18-8-6-16(7-9-18)21-22(17-10-12-27-13-11-17)29-25(28-21)33-15-3-14-30-23(31)19-4-1-2-5-20(19)24(30)32/h1-2,4-13H,3,14-15H2,(H,28,29). The fourth-order valence-corrected chi connectivity index (χ4v) is 4.59. The van der Waals surface area contributed by atoms with Crippen molar-refractivity contribution >= 4 is 23.6 Å². The van der Waals surface area contributed by atoms with Crippen LogP contribution in [0.4, 0.5) is 4.39 Å². The van der Waals surface area contributed by atoms with Gasteiger partial charge in [-0.15, -0.1) is 0 Å². The van der Waals surface area contributed by atoms with Crippen LogP contribution in [0.1, 0.15) is 27.1 Å². The van der Waals surface area contributed by atoms with Crippen molar-refractivity contribution in [3.05, 3.63) is 90.0 Å². The van der Waals surface area contributed by atoms with E-state index in [0.29, 0.717) is 35.0 Å². The molecule has 0 unspecified atom stereocenters. The normalized spacial score (nSPS) is 12.9. The third kappa shape index (κ3) is 4.17. The number of hydrogen-bond donors (Lipinski definition) is 1. The summed E-state index contributed by atoms with van der Waals surface area (Å²) in [5, 5.41) is 0.712. The Kier molecular flexibility index (Phi) is 5.75. The lowest BCUT2D eigenvalue weighted by Crippen LogP contribution is -2.31. The maximum atomic E-state index is 13.4. The summed E-state index contributed by atoms with van der Waals surface area (Å²) in [4.78, 5) is 38.5. The van der Waals surface area contributed by atoms with E-state index in [1.54, 1.807) is 48.8 Å². The van der Waals surface area contributed by atoms with Crippen molar-refractivity contribution in [3.63, 3.8) is 0 Å². The lowest BCUT2D eigenvalue weighted by Gasteiger charge is -2.12. The number of imide groups is 1. The largest absolute Gasteiger partial charge is 0.332 e. The van der Waals surface area contributed by atoms with Crippen molar-refractivity contribution in [2.75, 3.05) is 12.3 Å². The van der Waals surface area contributed by atoms with Gasteiger partial charge in [-0.2, -0.15) is 0 Å². The minimum Gasteiger partial charge on any atom is -0.332 e. The highest BCUT2D eigenvalue weighted by Gasteiger charge is 2.34. The molecule has 0 bridgehead atoms. The number of aromatic nitrogens is 3. The first-order valence-electron chi connectivity index (χ1n) is 10.5. The summed E-state index contributed by atoms with van der Waals surface area (Å²) in [6, 6.07) is 16.9. The number of aromatic amines is 1. The van der Waals surface area contributed by atoms with Gasteiger partial charge in [-0.1, -0.05) is 23.9 Å². The zero-order valence-corrected chi connectivity index (χ0v) is 18.3. The van der Waals surface area contributed by atoms with Crippen molar-refractivity contribution in [3.8, 4) is 22.5 Å². The second kappa shape index (κ2) is 8.99. The number of carbonyl (C=O) groups is 2. The second-order valence-electron chi connectivity index (χ2n) is 7.52. The molecule has 0 spiro atoms. The first-order valence-corrected chi connectivity index (χ1v) is 11.4. The summed E-state index contributed by atoms with van der Waals surface area (Å²) in [7, 11) is 0. The van der Waals surface area contributed by atoms with E-state index in [1.165, 1.54) is 28.8 Å². The minimum atomic E-state index is -0.303. The summed E-state index contributed by atoms with van der Waals surface area (Å²) in [6.45, 7) is 0.349. The summed E-state index contributed by atoms with van der Waals surface area (Å²) < 4.78 is 13.4. The third-order valence-electron chi connectivity index (χ3n) is 5.41. The van der Waals surface area contributed by atoms with Gasteiger partial charge in [-0.3, -0.25) is 19.5 Å². The molecular formula is C25H19FN4O2S. The number of thioether (sulfide) groups is 1. The maximum absolute atomic E-state index is 13.4. The van der Waals surface area contributed by atoms with E-state index in [2.05, 4.69) is 9.97 Å². The number of pyridine rings is 1. The smallest absolute Gasteiger partial charge is 0.261 e. The molecule has 0 radical (unpaired) electrons. The molecule has 2 amide bonds. The quantitative estimate of drug-likeness (QED) is 0.238. The molecule has 0 atom stereocenters. The molecule has 2 aromatic carbocycles. The number of amides is 2. The highest BCUT2D eigenvalue weighted by molar-refractivity contribution is 7.99. The molecule has 0 saturated heterocycles. The predicted octanol–water partition coefficient (Wildman–Crippen LogP) is 5.06. The number of imidazole rings is 1. The zero-order valence-electron chi connectivity index (χ0n) is 17.5. The summed E-state index contributed by atoms with van der Waals surface area (Å²) >= 11 is 1.51. The van der Waals surface area contributed by atoms with Crippen LogP contribution in [0, 0.1) is 5.82 Å². The molecule has 6 nitrogen and oxygen atoms in total. The molecule has 1 aliphatic heterocycles. The zero-order chi connectivity index (χ0) is 22.8. The van der Waals surface area contributed by atoms with E-state index in [1.807, 2.05) is 12.1 Å². The first kappa shape index (κ1) is 21.1. The monoisotopic (exact) mass is 458 g/mol. The van der Waals surface area contributed by atoms with Crippen LogP contribution >= 0.6 is 11.8 Å². The number of benzene rings is 2. The molecule has 33 heavy (non-hydrogen) atoms. The van der Waals surface area contributed by atoms with E-state index >= 15 is 0 Å². The number of halogens is 1. The number of hydrogen-bond acceptors (Lipinski definition) is 5. The predicted molar refractivity (Wildman–Crippen MR) is 124 cm³/mol. The molecule has 2 aromatic heterocycles.